The number of H-pyrrole nitrogens is 1. The van der Waals surface area contributed by atoms with Crippen molar-refractivity contribution < 1.29 is 4.74 Å². The maximum Gasteiger partial charge on any atom is 0.175 e. The van der Waals surface area contributed by atoms with E-state index in [9.17, 15) is 0 Å². The van der Waals surface area contributed by atoms with Crippen LogP contribution in [0.15, 0.2) is 48.5 Å². The van der Waals surface area contributed by atoms with Crippen LogP contribution in [0, 0.1) is 6.92 Å². The van der Waals surface area contributed by atoms with E-state index in [1.807, 2.05) is 48.1 Å². The standard InChI is InChI=1S/C19H18N4O/c1-12-9-10-14-15(11-12)21-19(20-14)17-18(24-3)16(22-23(17)2)13-7-5-4-6-8-13/h4-11H,1-3H3,(H,20,21). The van der Waals surface area contributed by atoms with Gasteiger partial charge in [-0.2, -0.15) is 5.10 Å². The first kappa shape index (κ1) is 14.5. The zero-order valence-corrected chi connectivity index (χ0v) is 13.9. The van der Waals surface area contributed by atoms with E-state index < -0.39 is 0 Å². The van der Waals surface area contributed by atoms with Gasteiger partial charge in [0.25, 0.3) is 0 Å². The van der Waals surface area contributed by atoms with E-state index >= 15 is 0 Å². The highest BCUT2D eigenvalue weighted by Crippen LogP contribution is 2.37. The Hall–Kier alpha value is -3.08. The van der Waals surface area contributed by atoms with Gasteiger partial charge in [-0.25, -0.2) is 4.98 Å². The fourth-order valence-corrected chi connectivity index (χ4v) is 2.98. The Morgan fingerprint density at radius 3 is 2.62 bits per heavy atom. The minimum Gasteiger partial charge on any atom is -0.492 e. The lowest BCUT2D eigenvalue weighted by atomic mass is 10.1. The van der Waals surface area contributed by atoms with Gasteiger partial charge in [0.2, 0.25) is 0 Å². The highest BCUT2D eigenvalue weighted by Gasteiger charge is 2.22. The van der Waals surface area contributed by atoms with Crippen LogP contribution in [0.5, 0.6) is 5.75 Å². The molecule has 0 fully saturated rings. The molecule has 0 atom stereocenters. The average Bonchev–Trinajstić information content (AvgIpc) is 3.15. The fourth-order valence-electron chi connectivity index (χ4n) is 2.98. The van der Waals surface area contributed by atoms with E-state index in [0.717, 1.165) is 39.6 Å². The van der Waals surface area contributed by atoms with Crippen LogP contribution in [0.25, 0.3) is 33.8 Å². The number of hydrogen-bond acceptors (Lipinski definition) is 3. The number of hydrogen-bond donors (Lipinski definition) is 1. The van der Waals surface area contributed by atoms with Gasteiger partial charge in [-0.3, -0.25) is 4.68 Å². The number of fused-ring (bicyclic) bond motifs is 1. The van der Waals surface area contributed by atoms with E-state index in [0.29, 0.717) is 0 Å². The fraction of sp³-hybridized carbons (Fsp3) is 0.158. The lowest BCUT2D eigenvalue weighted by molar-refractivity contribution is 0.417. The van der Waals surface area contributed by atoms with Gasteiger partial charge >= 0.3 is 0 Å². The van der Waals surface area contributed by atoms with Crippen molar-refractivity contribution in [2.45, 2.75) is 6.92 Å². The molecule has 24 heavy (non-hydrogen) atoms. The van der Waals surface area contributed by atoms with Gasteiger partial charge in [0.05, 0.1) is 18.1 Å². The van der Waals surface area contributed by atoms with Gasteiger partial charge in [0.15, 0.2) is 11.6 Å². The summed E-state index contributed by atoms with van der Waals surface area (Å²) in [5.41, 5.74) is 5.80. The van der Waals surface area contributed by atoms with E-state index in [1.54, 1.807) is 7.11 Å². The topological polar surface area (TPSA) is 55.7 Å². The summed E-state index contributed by atoms with van der Waals surface area (Å²) in [5.74, 6) is 1.48. The number of aromatic nitrogens is 4. The second kappa shape index (κ2) is 5.53. The second-order valence-electron chi connectivity index (χ2n) is 5.83. The predicted octanol–water partition coefficient (Wildman–Crippen LogP) is 3.95. The Bertz CT molecular complexity index is 1010. The first-order valence-electron chi connectivity index (χ1n) is 7.80. The van der Waals surface area contributed by atoms with Crippen molar-refractivity contribution in [3.63, 3.8) is 0 Å². The number of aryl methyl sites for hydroxylation is 2. The molecule has 4 rings (SSSR count). The first-order chi connectivity index (χ1) is 11.7. The highest BCUT2D eigenvalue weighted by molar-refractivity contribution is 5.83. The Balaban J connectivity index is 1.92. The molecular weight excluding hydrogens is 300 g/mol. The number of imidazole rings is 1. The largest absolute Gasteiger partial charge is 0.492 e. The summed E-state index contributed by atoms with van der Waals surface area (Å²) in [5, 5.41) is 4.65. The van der Waals surface area contributed by atoms with Crippen molar-refractivity contribution in [1.82, 2.24) is 19.7 Å². The van der Waals surface area contributed by atoms with Gasteiger partial charge in [-0.05, 0) is 24.6 Å². The molecule has 1 N–H and O–H groups in total. The number of ether oxygens (including phenoxy) is 1. The molecule has 5 heteroatoms. The SMILES string of the molecule is COc1c(-c2ccccc2)nn(C)c1-c1nc2ccc(C)cc2[nH]1. The van der Waals surface area contributed by atoms with Crippen molar-refractivity contribution in [3.05, 3.63) is 54.1 Å². The molecule has 0 bridgehead atoms. The third-order valence-electron chi connectivity index (χ3n) is 4.12. The Morgan fingerprint density at radius 2 is 1.88 bits per heavy atom. The molecule has 2 aromatic heterocycles. The number of rotatable bonds is 3. The lowest BCUT2D eigenvalue weighted by Gasteiger charge is -2.03. The first-order valence-corrected chi connectivity index (χ1v) is 7.80. The van der Waals surface area contributed by atoms with Crippen LogP contribution in [0.1, 0.15) is 5.56 Å². The molecule has 0 amide bonds. The summed E-state index contributed by atoms with van der Waals surface area (Å²) in [4.78, 5) is 8.09. The number of nitrogens with zero attached hydrogens (tertiary/aromatic N) is 3. The van der Waals surface area contributed by atoms with Crippen LogP contribution in [-0.2, 0) is 7.05 Å². The van der Waals surface area contributed by atoms with E-state index in [2.05, 4.69) is 29.1 Å². The number of methoxy groups -OCH3 is 1. The number of aromatic amines is 1. The number of benzene rings is 2. The second-order valence-corrected chi connectivity index (χ2v) is 5.83. The molecule has 0 radical (unpaired) electrons. The molecule has 0 aliphatic carbocycles. The lowest BCUT2D eigenvalue weighted by Crippen LogP contribution is -1.96. The quantitative estimate of drug-likeness (QED) is 0.622. The average molecular weight is 318 g/mol. The summed E-state index contributed by atoms with van der Waals surface area (Å²) >= 11 is 0. The molecule has 0 aliphatic heterocycles. The van der Waals surface area contributed by atoms with Gasteiger partial charge in [0, 0.05) is 12.6 Å². The molecule has 120 valence electrons. The number of nitrogens with one attached hydrogen (secondary N) is 1. The highest BCUT2D eigenvalue weighted by atomic mass is 16.5. The zero-order chi connectivity index (χ0) is 16.7. The molecule has 2 heterocycles. The zero-order valence-electron chi connectivity index (χ0n) is 13.9. The third-order valence-corrected chi connectivity index (χ3v) is 4.12. The van der Waals surface area contributed by atoms with Crippen molar-refractivity contribution >= 4 is 11.0 Å². The van der Waals surface area contributed by atoms with E-state index in [1.165, 1.54) is 5.56 Å². The molecule has 0 aliphatic rings. The molecule has 5 nitrogen and oxygen atoms in total. The molecule has 0 spiro atoms. The van der Waals surface area contributed by atoms with Gasteiger partial charge < -0.3 is 9.72 Å². The van der Waals surface area contributed by atoms with Crippen LogP contribution in [0.3, 0.4) is 0 Å². The Labute approximate surface area is 139 Å². The molecule has 0 saturated heterocycles. The third kappa shape index (κ3) is 2.25. The van der Waals surface area contributed by atoms with Crippen LogP contribution in [-0.4, -0.2) is 26.9 Å². The van der Waals surface area contributed by atoms with Crippen molar-refractivity contribution in [2.75, 3.05) is 7.11 Å². The smallest absolute Gasteiger partial charge is 0.175 e. The summed E-state index contributed by atoms with van der Waals surface area (Å²) in [6.45, 7) is 2.07. The Morgan fingerprint density at radius 1 is 1.08 bits per heavy atom. The van der Waals surface area contributed by atoms with Crippen LogP contribution >= 0.6 is 0 Å². The van der Waals surface area contributed by atoms with Crippen molar-refractivity contribution in [2.24, 2.45) is 7.05 Å². The Kier molecular flexibility index (Phi) is 3.34. The maximum atomic E-state index is 5.68. The van der Waals surface area contributed by atoms with Crippen molar-refractivity contribution in [3.8, 4) is 28.5 Å². The molecule has 4 aromatic rings. The van der Waals surface area contributed by atoms with Crippen LogP contribution < -0.4 is 4.74 Å². The summed E-state index contributed by atoms with van der Waals surface area (Å²) < 4.78 is 7.49. The molecule has 2 aromatic carbocycles. The van der Waals surface area contributed by atoms with Gasteiger partial charge in [-0.1, -0.05) is 36.4 Å². The molecular formula is C19H18N4O. The minimum atomic E-state index is 0.722. The van der Waals surface area contributed by atoms with Crippen molar-refractivity contribution in [1.29, 1.82) is 0 Å². The predicted molar refractivity (Wildman–Crippen MR) is 95.0 cm³/mol. The van der Waals surface area contributed by atoms with E-state index in [-0.39, 0.29) is 0 Å². The molecule has 0 unspecified atom stereocenters. The summed E-state index contributed by atoms with van der Waals surface area (Å²) in [6.07, 6.45) is 0. The molecule has 0 saturated carbocycles. The summed E-state index contributed by atoms with van der Waals surface area (Å²) in [6, 6.07) is 16.2. The van der Waals surface area contributed by atoms with Gasteiger partial charge in [-0.15, -0.1) is 0 Å². The van der Waals surface area contributed by atoms with Crippen LogP contribution in [0.4, 0.5) is 0 Å². The maximum absolute atomic E-state index is 5.68. The monoisotopic (exact) mass is 318 g/mol. The summed E-state index contributed by atoms with van der Waals surface area (Å²) in [7, 11) is 3.57. The normalized spacial score (nSPS) is 11.1. The van der Waals surface area contributed by atoms with E-state index in [4.69, 9.17) is 9.72 Å². The van der Waals surface area contributed by atoms with Gasteiger partial charge in [0.1, 0.15) is 11.4 Å². The van der Waals surface area contributed by atoms with Crippen LogP contribution in [0.2, 0.25) is 0 Å². The minimum absolute atomic E-state index is 0.722.